The van der Waals surface area contributed by atoms with E-state index < -0.39 is 5.91 Å². The average molecular weight is 246 g/mol. The van der Waals surface area contributed by atoms with Gasteiger partial charge < -0.3 is 21.4 Å². The van der Waals surface area contributed by atoms with Crippen LogP contribution in [0, 0.1) is 0 Å². The number of nitrogens with one attached hydrogen (secondary N) is 1. The van der Waals surface area contributed by atoms with Crippen molar-refractivity contribution in [1.82, 2.24) is 14.8 Å². The lowest BCUT2D eigenvalue weighted by atomic mass is 10.1. The Bertz CT molecular complexity index is 577. The molecular weight excluding hydrogens is 232 g/mol. The fourth-order valence-corrected chi connectivity index (χ4v) is 1.61. The maximum Gasteiger partial charge on any atom is 0.250 e. The monoisotopic (exact) mass is 246 g/mol. The van der Waals surface area contributed by atoms with Gasteiger partial charge in [0.2, 0.25) is 0 Å². The van der Waals surface area contributed by atoms with Crippen molar-refractivity contribution < 1.29 is 4.79 Å². The van der Waals surface area contributed by atoms with Crippen molar-refractivity contribution in [3.05, 3.63) is 35.9 Å². The Morgan fingerprint density at radius 1 is 1.50 bits per heavy atom. The molecule has 7 nitrogen and oxygen atoms in total. The van der Waals surface area contributed by atoms with Gasteiger partial charge in [-0.2, -0.15) is 0 Å². The van der Waals surface area contributed by atoms with Crippen molar-refractivity contribution in [3.63, 3.8) is 0 Å². The van der Waals surface area contributed by atoms with E-state index in [2.05, 4.69) is 15.5 Å². The van der Waals surface area contributed by atoms with E-state index in [1.807, 2.05) is 7.05 Å². The zero-order valence-electron chi connectivity index (χ0n) is 9.92. The lowest BCUT2D eigenvalue weighted by Gasteiger charge is -2.12. The Kier molecular flexibility index (Phi) is 3.13. The number of hydrogen-bond acceptors (Lipinski definition) is 5. The molecule has 2 rings (SSSR count). The number of aromatic nitrogens is 3. The number of benzene rings is 1. The van der Waals surface area contributed by atoms with Crippen molar-refractivity contribution in [2.24, 2.45) is 12.8 Å². The molecule has 1 heterocycles. The van der Waals surface area contributed by atoms with Crippen molar-refractivity contribution in [2.75, 3.05) is 11.1 Å². The number of anilines is 2. The molecule has 0 aliphatic rings. The summed E-state index contributed by atoms with van der Waals surface area (Å²) in [6.45, 7) is 0.408. The van der Waals surface area contributed by atoms with E-state index in [1.165, 1.54) is 0 Å². The Hall–Kier alpha value is -2.57. The number of aryl methyl sites for hydroxylation is 1. The standard InChI is InChI=1S/C11H14N6O/c1-17-6-15-16-9(17)5-14-10-7(11(13)18)3-2-4-8(10)12/h2-4,6,14H,5,12H2,1H3,(H2,13,18). The van der Waals surface area contributed by atoms with Gasteiger partial charge >= 0.3 is 0 Å². The number of hydrogen-bond donors (Lipinski definition) is 3. The van der Waals surface area contributed by atoms with Gasteiger partial charge in [-0.3, -0.25) is 4.79 Å². The number of nitrogen functional groups attached to an aromatic ring is 1. The molecular formula is C11H14N6O. The van der Waals surface area contributed by atoms with E-state index in [-0.39, 0.29) is 0 Å². The van der Waals surface area contributed by atoms with Crippen LogP contribution in [0.1, 0.15) is 16.2 Å². The summed E-state index contributed by atoms with van der Waals surface area (Å²) in [5.74, 6) is 0.205. The highest BCUT2D eigenvalue weighted by molar-refractivity contribution is 6.01. The maximum absolute atomic E-state index is 11.3. The Labute approximate surface area is 104 Å². The highest BCUT2D eigenvalue weighted by Gasteiger charge is 2.11. The zero-order chi connectivity index (χ0) is 13.1. The summed E-state index contributed by atoms with van der Waals surface area (Å²) < 4.78 is 1.77. The van der Waals surface area contributed by atoms with Crippen LogP contribution < -0.4 is 16.8 Å². The molecule has 0 unspecified atom stereocenters. The van der Waals surface area contributed by atoms with Crippen molar-refractivity contribution in [1.29, 1.82) is 0 Å². The molecule has 0 aliphatic heterocycles. The molecule has 0 aliphatic carbocycles. The molecule has 0 saturated carbocycles. The number of primary amides is 1. The van der Waals surface area contributed by atoms with Crippen molar-refractivity contribution in [2.45, 2.75) is 6.54 Å². The van der Waals surface area contributed by atoms with Gasteiger partial charge in [-0.05, 0) is 12.1 Å². The summed E-state index contributed by atoms with van der Waals surface area (Å²) >= 11 is 0. The minimum Gasteiger partial charge on any atom is -0.397 e. The molecule has 1 aromatic carbocycles. The molecule has 7 heteroatoms. The van der Waals surface area contributed by atoms with E-state index in [1.54, 1.807) is 29.1 Å². The van der Waals surface area contributed by atoms with Crippen LogP contribution in [0.25, 0.3) is 0 Å². The molecule has 18 heavy (non-hydrogen) atoms. The first-order valence-electron chi connectivity index (χ1n) is 5.34. The highest BCUT2D eigenvalue weighted by Crippen LogP contribution is 2.23. The molecule has 2 aromatic rings. The second kappa shape index (κ2) is 4.74. The first kappa shape index (κ1) is 11.9. The van der Waals surface area contributed by atoms with Gasteiger partial charge in [0.15, 0.2) is 5.82 Å². The van der Waals surface area contributed by atoms with E-state index in [0.717, 1.165) is 5.82 Å². The molecule has 0 radical (unpaired) electrons. The van der Waals surface area contributed by atoms with Crippen LogP contribution in [0.3, 0.4) is 0 Å². The molecule has 0 spiro atoms. The van der Waals surface area contributed by atoms with Gasteiger partial charge in [0.1, 0.15) is 6.33 Å². The van der Waals surface area contributed by atoms with Gasteiger partial charge in [-0.25, -0.2) is 0 Å². The minimum absolute atomic E-state index is 0.358. The number of nitrogens with two attached hydrogens (primary N) is 2. The van der Waals surface area contributed by atoms with Gasteiger partial charge in [-0.1, -0.05) is 6.07 Å². The van der Waals surface area contributed by atoms with Crippen LogP contribution in [-0.4, -0.2) is 20.7 Å². The molecule has 1 aromatic heterocycles. The lowest BCUT2D eigenvalue weighted by molar-refractivity contribution is 0.100. The topological polar surface area (TPSA) is 112 Å². The van der Waals surface area contributed by atoms with E-state index in [4.69, 9.17) is 11.5 Å². The molecule has 0 saturated heterocycles. The lowest BCUT2D eigenvalue weighted by Crippen LogP contribution is -2.16. The summed E-state index contributed by atoms with van der Waals surface area (Å²) in [5.41, 5.74) is 12.5. The van der Waals surface area contributed by atoms with Crippen LogP contribution in [0.5, 0.6) is 0 Å². The number of rotatable bonds is 4. The van der Waals surface area contributed by atoms with Crippen LogP contribution >= 0.6 is 0 Å². The molecule has 0 fully saturated rings. The number of amides is 1. The van der Waals surface area contributed by atoms with Crippen LogP contribution in [0.2, 0.25) is 0 Å². The molecule has 0 atom stereocenters. The van der Waals surface area contributed by atoms with Crippen LogP contribution in [0.4, 0.5) is 11.4 Å². The van der Waals surface area contributed by atoms with Crippen molar-refractivity contribution >= 4 is 17.3 Å². The zero-order valence-corrected chi connectivity index (χ0v) is 9.92. The maximum atomic E-state index is 11.3. The van der Waals surface area contributed by atoms with E-state index in [0.29, 0.717) is 23.5 Å². The largest absolute Gasteiger partial charge is 0.397 e. The van der Waals surface area contributed by atoms with Gasteiger partial charge in [0.25, 0.3) is 5.91 Å². The van der Waals surface area contributed by atoms with Crippen molar-refractivity contribution in [3.8, 4) is 0 Å². The first-order valence-corrected chi connectivity index (χ1v) is 5.34. The van der Waals surface area contributed by atoms with Gasteiger partial charge in [0.05, 0.1) is 23.5 Å². The summed E-state index contributed by atoms with van der Waals surface area (Å²) in [6.07, 6.45) is 1.60. The predicted molar refractivity (Wildman–Crippen MR) is 67.7 cm³/mol. The second-order valence-electron chi connectivity index (χ2n) is 3.85. The predicted octanol–water partition coefficient (Wildman–Crippen LogP) is 0.108. The van der Waals surface area contributed by atoms with Gasteiger partial charge in [-0.15, -0.1) is 10.2 Å². The molecule has 94 valence electrons. The van der Waals surface area contributed by atoms with E-state index in [9.17, 15) is 4.79 Å². The fourth-order valence-electron chi connectivity index (χ4n) is 1.61. The molecule has 1 amide bonds. The third-order valence-corrected chi connectivity index (χ3v) is 2.59. The average Bonchev–Trinajstić information content (AvgIpc) is 2.73. The number of para-hydroxylation sites is 1. The Balaban J connectivity index is 2.24. The summed E-state index contributed by atoms with van der Waals surface area (Å²) in [6, 6.07) is 5.01. The first-order chi connectivity index (χ1) is 8.59. The number of nitrogens with zero attached hydrogens (tertiary/aromatic N) is 3. The summed E-state index contributed by atoms with van der Waals surface area (Å²) in [7, 11) is 1.83. The number of carbonyl (C=O) groups excluding carboxylic acids is 1. The quantitative estimate of drug-likeness (QED) is 0.663. The third kappa shape index (κ3) is 2.24. The normalized spacial score (nSPS) is 10.3. The third-order valence-electron chi connectivity index (χ3n) is 2.59. The second-order valence-corrected chi connectivity index (χ2v) is 3.85. The van der Waals surface area contributed by atoms with E-state index >= 15 is 0 Å². The molecule has 5 N–H and O–H groups in total. The SMILES string of the molecule is Cn1cnnc1CNc1c(N)cccc1C(N)=O. The Morgan fingerprint density at radius 2 is 2.28 bits per heavy atom. The number of carbonyl (C=O) groups is 1. The summed E-state index contributed by atoms with van der Waals surface area (Å²) in [4.78, 5) is 11.3. The fraction of sp³-hybridized carbons (Fsp3) is 0.182. The Morgan fingerprint density at radius 3 is 2.89 bits per heavy atom. The highest BCUT2D eigenvalue weighted by atomic mass is 16.1. The minimum atomic E-state index is -0.525. The molecule has 0 bridgehead atoms. The van der Waals surface area contributed by atoms with Crippen LogP contribution in [-0.2, 0) is 13.6 Å². The van der Waals surface area contributed by atoms with Crippen LogP contribution in [0.15, 0.2) is 24.5 Å². The smallest absolute Gasteiger partial charge is 0.250 e. The van der Waals surface area contributed by atoms with Gasteiger partial charge in [0, 0.05) is 7.05 Å². The summed E-state index contributed by atoms with van der Waals surface area (Å²) in [5, 5.41) is 10.7.